The Labute approximate surface area is 124 Å². The molecule has 0 radical (unpaired) electrons. The number of benzene rings is 1. The topological polar surface area (TPSA) is 34.0 Å². The Morgan fingerprint density at radius 1 is 1.19 bits per heavy atom. The normalized spacial score (nSPS) is 11.4. The minimum atomic E-state index is -4.45. The summed E-state index contributed by atoms with van der Waals surface area (Å²) in [5.41, 5.74) is -0.713. The maximum Gasteiger partial charge on any atom is 0.416 e. The van der Waals surface area contributed by atoms with Gasteiger partial charge in [-0.25, -0.2) is 0 Å². The molecule has 0 bridgehead atoms. The number of hydrogen-bond acceptors (Lipinski definition) is 2. The van der Waals surface area contributed by atoms with Gasteiger partial charge < -0.3 is 9.88 Å². The van der Waals surface area contributed by atoms with Crippen LogP contribution in [0.2, 0.25) is 5.02 Å². The second kappa shape index (κ2) is 6.22. The lowest BCUT2D eigenvalue weighted by Gasteiger charge is -2.12. The second-order valence-electron chi connectivity index (χ2n) is 4.39. The maximum absolute atomic E-state index is 12.7. The zero-order valence-corrected chi connectivity index (χ0v) is 11.6. The molecule has 0 unspecified atom stereocenters. The van der Waals surface area contributed by atoms with E-state index in [1.807, 2.05) is 0 Å². The van der Waals surface area contributed by atoms with Crippen LogP contribution in [0.4, 0.5) is 18.9 Å². The summed E-state index contributed by atoms with van der Waals surface area (Å²) < 4.78 is 39.4. The van der Waals surface area contributed by atoms with Crippen molar-refractivity contribution in [3.8, 4) is 0 Å². The SMILES string of the molecule is O=c1ccccn1CCNc1cc(Cl)cc(C(F)(F)F)c1. The predicted octanol–water partition coefficient (Wildman–Crippen LogP) is 3.63. The van der Waals surface area contributed by atoms with Crippen LogP contribution < -0.4 is 10.9 Å². The lowest BCUT2D eigenvalue weighted by molar-refractivity contribution is -0.137. The second-order valence-corrected chi connectivity index (χ2v) is 4.82. The summed E-state index contributed by atoms with van der Waals surface area (Å²) >= 11 is 5.68. The molecular weight excluding hydrogens is 305 g/mol. The fraction of sp³-hybridized carbons (Fsp3) is 0.214. The first-order chi connectivity index (χ1) is 9.86. The molecule has 1 N–H and O–H groups in total. The Hall–Kier alpha value is -1.95. The van der Waals surface area contributed by atoms with Gasteiger partial charge in [0.25, 0.3) is 5.56 Å². The van der Waals surface area contributed by atoms with Gasteiger partial charge in [0.15, 0.2) is 0 Å². The van der Waals surface area contributed by atoms with Crippen molar-refractivity contribution in [3.63, 3.8) is 0 Å². The van der Waals surface area contributed by atoms with Gasteiger partial charge in [-0.15, -0.1) is 0 Å². The van der Waals surface area contributed by atoms with Crippen molar-refractivity contribution >= 4 is 17.3 Å². The van der Waals surface area contributed by atoms with Gasteiger partial charge in [-0.3, -0.25) is 4.79 Å². The van der Waals surface area contributed by atoms with E-state index in [9.17, 15) is 18.0 Å². The van der Waals surface area contributed by atoms with E-state index in [2.05, 4.69) is 5.32 Å². The first-order valence-corrected chi connectivity index (χ1v) is 6.51. The van der Waals surface area contributed by atoms with Gasteiger partial charge >= 0.3 is 6.18 Å². The molecule has 1 aromatic heterocycles. The van der Waals surface area contributed by atoms with Gasteiger partial charge in [-0.05, 0) is 24.3 Å². The molecule has 1 aromatic carbocycles. The average Bonchev–Trinajstić information content (AvgIpc) is 2.39. The minimum Gasteiger partial charge on any atom is -0.383 e. The smallest absolute Gasteiger partial charge is 0.383 e. The molecule has 7 heteroatoms. The van der Waals surface area contributed by atoms with Crippen LogP contribution in [0.3, 0.4) is 0 Å². The van der Waals surface area contributed by atoms with E-state index >= 15 is 0 Å². The van der Waals surface area contributed by atoms with Crippen LogP contribution in [-0.2, 0) is 12.7 Å². The first-order valence-electron chi connectivity index (χ1n) is 6.13. The lowest BCUT2D eigenvalue weighted by Crippen LogP contribution is -2.22. The minimum absolute atomic E-state index is 0.00389. The van der Waals surface area contributed by atoms with Crippen LogP contribution in [0.1, 0.15) is 5.56 Å². The van der Waals surface area contributed by atoms with Crippen LogP contribution in [-0.4, -0.2) is 11.1 Å². The molecule has 0 atom stereocenters. The molecule has 0 amide bonds. The molecule has 2 aromatic rings. The molecule has 21 heavy (non-hydrogen) atoms. The summed E-state index contributed by atoms with van der Waals surface area (Å²) in [5.74, 6) is 0. The Kier molecular flexibility index (Phi) is 4.57. The molecule has 3 nitrogen and oxygen atoms in total. The molecule has 0 spiro atoms. The Balaban J connectivity index is 2.05. The molecule has 0 fully saturated rings. The molecule has 0 aliphatic rings. The summed E-state index contributed by atoms with van der Waals surface area (Å²) in [6.45, 7) is 0.648. The largest absolute Gasteiger partial charge is 0.416 e. The summed E-state index contributed by atoms with van der Waals surface area (Å²) in [7, 11) is 0. The van der Waals surface area contributed by atoms with Crippen LogP contribution in [0.25, 0.3) is 0 Å². The van der Waals surface area contributed by atoms with E-state index in [-0.39, 0.29) is 16.3 Å². The van der Waals surface area contributed by atoms with E-state index in [4.69, 9.17) is 11.6 Å². The lowest BCUT2D eigenvalue weighted by atomic mass is 10.2. The highest BCUT2D eigenvalue weighted by Crippen LogP contribution is 2.33. The van der Waals surface area contributed by atoms with E-state index in [0.717, 1.165) is 12.1 Å². The molecule has 0 saturated heterocycles. The first kappa shape index (κ1) is 15.4. The predicted molar refractivity (Wildman–Crippen MR) is 75.6 cm³/mol. The molecule has 0 aliphatic carbocycles. The van der Waals surface area contributed by atoms with Gasteiger partial charge in [0, 0.05) is 36.1 Å². The van der Waals surface area contributed by atoms with Crippen molar-refractivity contribution in [3.05, 3.63) is 63.5 Å². The third kappa shape index (κ3) is 4.26. The summed E-state index contributed by atoms with van der Waals surface area (Å²) in [5, 5.41) is 2.83. The average molecular weight is 317 g/mol. The number of nitrogens with one attached hydrogen (secondary N) is 1. The number of hydrogen-bond donors (Lipinski definition) is 1. The van der Waals surface area contributed by atoms with Crippen molar-refractivity contribution in [2.45, 2.75) is 12.7 Å². The number of anilines is 1. The molecular formula is C14H12ClF3N2O. The van der Waals surface area contributed by atoms with Crippen LogP contribution in [0.5, 0.6) is 0 Å². The van der Waals surface area contributed by atoms with E-state index in [1.165, 1.54) is 16.7 Å². The quantitative estimate of drug-likeness (QED) is 0.934. The fourth-order valence-corrected chi connectivity index (χ4v) is 2.06. The third-order valence-electron chi connectivity index (χ3n) is 2.81. The van der Waals surface area contributed by atoms with Crippen LogP contribution in [0, 0.1) is 0 Å². The number of pyridine rings is 1. The summed E-state index contributed by atoms with van der Waals surface area (Å²) in [6.07, 6.45) is -2.83. The van der Waals surface area contributed by atoms with Crippen molar-refractivity contribution in [1.82, 2.24) is 4.57 Å². The Morgan fingerprint density at radius 2 is 1.95 bits per heavy atom. The molecule has 2 rings (SSSR count). The number of halogens is 4. The standard InChI is InChI=1S/C14H12ClF3N2O/c15-11-7-10(14(16,17)18)8-12(9-11)19-4-6-20-5-2-1-3-13(20)21/h1-3,5,7-9,19H,4,6H2. The fourth-order valence-electron chi connectivity index (χ4n) is 1.82. The van der Waals surface area contributed by atoms with Gasteiger partial charge in [0.2, 0.25) is 0 Å². The van der Waals surface area contributed by atoms with Crippen molar-refractivity contribution < 1.29 is 13.2 Å². The molecule has 0 saturated carbocycles. The Morgan fingerprint density at radius 3 is 2.62 bits per heavy atom. The molecule has 112 valence electrons. The highest BCUT2D eigenvalue weighted by Gasteiger charge is 2.31. The zero-order chi connectivity index (χ0) is 15.5. The van der Waals surface area contributed by atoms with Gasteiger partial charge in [-0.2, -0.15) is 13.2 Å². The van der Waals surface area contributed by atoms with Gasteiger partial charge in [0.1, 0.15) is 0 Å². The molecule has 1 heterocycles. The van der Waals surface area contributed by atoms with E-state index in [1.54, 1.807) is 18.3 Å². The summed E-state index contributed by atoms with van der Waals surface area (Å²) in [4.78, 5) is 11.5. The highest BCUT2D eigenvalue weighted by molar-refractivity contribution is 6.30. The third-order valence-corrected chi connectivity index (χ3v) is 3.02. The van der Waals surface area contributed by atoms with Gasteiger partial charge in [-0.1, -0.05) is 17.7 Å². The van der Waals surface area contributed by atoms with Crippen molar-refractivity contribution in [2.24, 2.45) is 0 Å². The van der Waals surface area contributed by atoms with Crippen LogP contribution >= 0.6 is 11.6 Å². The highest BCUT2D eigenvalue weighted by atomic mass is 35.5. The van der Waals surface area contributed by atoms with Crippen molar-refractivity contribution in [1.29, 1.82) is 0 Å². The molecule has 0 aliphatic heterocycles. The van der Waals surface area contributed by atoms with Gasteiger partial charge in [0.05, 0.1) is 5.56 Å². The monoisotopic (exact) mass is 316 g/mol. The number of rotatable bonds is 4. The maximum atomic E-state index is 12.7. The number of aromatic nitrogens is 1. The zero-order valence-electron chi connectivity index (χ0n) is 10.8. The number of alkyl halides is 3. The Bertz CT molecular complexity index is 682. The van der Waals surface area contributed by atoms with E-state index < -0.39 is 11.7 Å². The van der Waals surface area contributed by atoms with Crippen LogP contribution in [0.15, 0.2) is 47.4 Å². The summed E-state index contributed by atoms with van der Waals surface area (Å²) in [6, 6.07) is 8.02. The number of nitrogens with zero attached hydrogens (tertiary/aromatic N) is 1. The van der Waals surface area contributed by atoms with Crippen molar-refractivity contribution in [2.75, 3.05) is 11.9 Å². The van der Waals surface area contributed by atoms with E-state index in [0.29, 0.717) is 13.1 Å².